The van der Waals surface area contributed by atoms with Gasteiger partial charge in [-0.2, -0.15) is 0 Å². The molecule has 0 aliphatic carbocycles. The summed E-state index contributed by atoms with van der Waals surface area (Å²) in [7, 11) is 0. The number of carboxylic acids is 1. The molecule has 2 aliphatic rings. The van der Waals surface area contributed by atoms with Crippen LogP contribution in [-0.2, 0) is 20.8 Å². The van der Waals surface area contributed by atoms with Gasteiger partial charge in [-0.25, -0.2) is 4.98 Å². The molecule has 1 fully saturated rings. The number of thioether (sulfide) groups is 1. The highest BCUT2D eigenvalue weighted by Crippen LogP contribution is 2.40. The van der Waals surface area contributed by atoms with Crippen molar-refractivity contribution in [3.63, 3.8) is 0 Å². The fourth-order valence-electron chi connectivity index (χ4n) is 3.41. The molecule has 2 atom stereocenters. The number of fused-ring (bicyclic) bond motifs is 1. The Hall–Kier alpha value is -2.91. The zero-order valence-corrected chi connectivity index (χ0v) is 17.7. The fourth-order valence-corrected chi connectivity index (χ4v) is 5.43. The summed E-state index contributed by atoms with van der Waals surface area (Å²) in [5.74, 6) is -1.71. The lowest BCUT2D eigenvalue weighted by Crippen LogP contribution is -2.71. The molecule has 4 rings (SSSR count). The van der Waals surface area contributed by atoms with Gasteiger partial charge in [-0.1, -0.05) is 36.4 Å². The van der Waals surface area contributed by atoms with E-state index >= 15 is 0 Å². The average Bonchev–Trinajstić information content (AvgIpc) is 3.15. The largest absolute Gasteiger partial charge is 0.543 e. The summed E-state index contributed by atoms with van der Waals surface area (Å²) < 4.78 is 0. The molecule has 7 nitrogen and oxygen atoms in total. The summed E-state index contributed by atoms with van der Waals surface area (Å²) in [5, 5.41) is 14.1. The molecule has 1 aromatic carbocycles. The van der Waals surface area contributed by atoms with Crippen molar-refractivity contribution in [3.8, 4) is 0 Å². The number of nitrogens with one attached hydrogen (secondary N) is 1. The van der Waals surface area contributed by atoms with Crippen molar-refractivity contribution in [2.24, 2.45) is 0 Å². The smallest absolute Gasteiger partial charge is 0.253 e. The number of β-lactam (4-membered cyclic amide) rings is 1. The van der Waals surface area contributed by atoms with Gasteiger partial charge in [0.15, 0.2) is 0 Å². The van der Waals surface area contributed by atoms with Crippen molar-refractivity contribution < 1.29 is 19.5 Å². The van der Waals surface area contributed by atoms with Gasteiger partial charge in [0, 0.05) is 10.6 Å². The van der Waals surface area contributed by atoms with E-state index in [-0.39, 0.29) is 18.0 Å². The highest BCUT2D eigenvalue weighted by molar-refractivity contribution is 8.00. The Kier molecular flexibility index (Phi) is 5.74. The fraction of sp³-hybridized carbons (Fsp3) is 0.238. The number of benzene rings is 1. The van der Waals surface area contributed by atoms with E-state index in [1.807, 2.05) is 37.3 Å². The van der Waals surface area contributed by atoms with E-state index in [2.05, 4.69) is 10.3 Å². The molecular weight excluding hydrogens is 422 g/mol. The first-order valence-corrected chi connectivity index (χ1v) is 11.2. The van der Waals surface area contributed by atoms with Crippen molar-refractivity contribution in [1.82, 2.24) is 15.2 Å². The Bertz CT molecular complexity index is 1060. The molecule has 2 aromatic rings. The van der Waals surface area contributed by atoms with Crippen LogP contribution >= 0.6 is 23.1 Å². The molecule has 2 aliphatic heterocycles. The minimum atomic E-state index is -1.40. The lowest BCUT2D eigenvalue weighted by molar-refractivity contribution is -0.301. The van der Waals surface area contributed by atoms with E-state index in [1.165, 1.54) is 28.0 Å². The first-order chi connectivity index (χ1) is 14.5. The highest BCUT2D eigenvalue weighted by Gasteiger charge is 2.52. The molecule has 0 radical (unpaired) electrons. The van der Waals surface area contributed by atoms with E-state index in [4.69, 9.17) is 0 Å². The maximum absolute atomic E-state index is 12.7. The second-order valence-corrected chi connectivity index (χ2v) is 8.91. The van der Waals surface area contributed by atoms with Crippen molar-refractivity contribution in [2.45, 2.75) is 24.8 Å². The lowest BCUT2D eigenvalue weighted by Gasteiger charge is -2.50. The molecule has 2 unspecified atom stereocenters. The number of hydrogen-bond acceptors (Lipinski definition) is 7. The monoisotopic (exact) mass is 440 g/mol. The first-order valence-electron chi connectivity index (χ1n) is 9.26. The van der Waals surface area contributed by atoms with Crippen molar-refractivity contribution >= 4 is 47.0 Å². The molecule has 30 heavy (non-hydrogen) atoms. The summed E-state index contributed by atoms with van der Waals surface area (Å²) in [5.41, 5.74) is 3.80. The van der Waals surface area contributed by atoms with E-state index < -0.39 is 23.3 Å². The minimum absolute atomic E-state index is 0.129. The summed E-state index contributed by atoms with van der Waals surface area (Å²) in [4.78, 5) is 43.1. The van der Waals surface area contributed by atoms with Crippen LogP contribution in [0.2, 0.25) is 0 Å². The minimum Gasteiger partial charge on any atom is -0.543 e. The van der Waals surface area contributed by atoms with E-state index in [9.17, 15) is 19.5 Å². The number of amides is 2. The molecule has 154 valence electrons. The number of aliphatic carboxylic acids is 1. The van der Waals surface area contributed by atoms with Crippen LogP contribution < -0.4 is 10.4 Å². The number of hydrogen-bond donors (Lipinski definition) is 1. The third-order valence-corrected chi connectivity index (χ3v) is 7.13. The predicted octanol–water partition coefficient (Wildman–Crippen LogP) is 1.11. The molecule has 3 heterocycles. The maximum atomic E-state index is 12.7. The van der Waals surface area contributed by atoms with Crippen LogP contribution in [0.5, 0.6) is 0 Å². The number of carbonyl (C=O) groups is 3. The third kappa shape index (κ3) is 3.90. The number of thiazole rings is 1. The molecular formula is C21H18N3O4S2-. The van der Waals surface area contributed by atoms with Crippen LogP contribution in [0.1, 0.15) is 16.1 Å². The number of allylic oxidation sites excluding steroid dienone is 1. The van der Waals surface area contributed by atoms with Crippen LogP contribution in [0.15, 0.2) is 53.2 Å². The van der Waals surface area contributed by atoms with Gasteiger partial charge in [0.25, 0.3) is 5.91 Å². The maximum Gasteiger partial charge on any atom is 0.253 e. The second kappa shape index (κ2) is 8.45. The van der Waals surface area contributed by atoms with E-state index in [0.29, 0.717) is 11.3 Å². The van der Waals surface area contributed by atoms with Gasteiger partial charge < -0.3 is 15.2 Å². The molecule has 0 spiro atoms. The van der Waals surface area contributed by atoms with Crippen molar-refractivity contribution in [1.29, 1.82) is 0 Å². The summed E-state index contributed by atoms with van der Waals surface area (Å²) >= 11 is 2.87. The number of carboxylic acid groups (broad SMARTS) is 1. The standard InChI is InChI=1S/C21H19N3O4S2/c1-12-15(30-11-22-12)8-7-14-10-29-20-17(19(26)24(20)18(14)21(27)28)23-16(25)9-13-5-3-2-4-6-13/h2-8,11,17,20H,9-10H2,1H3,(H,23,25)(H,27,28)/p-1/b8-7-. The van der Waals surface area contributed by atoms with Gasteiger partial charge in [-0.05, 0) is 24.1 Å². The lowest BCUT2D eigenvalue weighted by atomic mass is 10.0. The first kappa shape index (κ1) is 20.4. The molecule has 1 saturated heterocycles. The van der Waals surface area contributed by atoms with Crippen LogP contribution in [0.3, 0.4) is 0 Å². The molecule has 1 N–H and O–H groups in total. The Morgan fingerprint density at radius 1 is 1.30 bits per heavy atom. The highest BCUT2D eigenvalue weighted by atomic mass is 32.2. The van der Waals surface area contributed by atoms with Gasteiger partial charge in [0.2, 0.25) is 5.91 Å². The summed E-state index contributed by atoms with van der Waals surface area (Å²) in [6.45, 7) is 1.87. The molecule has 9 heteroatoms. The third-order valence-electron chi connectivity index (χ3n) is 4.93. The molecule has 1 aromatic heterocycles. The quantitative estimate of drug-likeness (QED) is 0.675. The predicted molar refractivity (Wildman–Crippen MR) is 113 cm³/mol. The number of carbonyl (C=O) groups excluding carboxylic acids is 3. The van der Waals surface area contributed by atoms with Gasteiger partial charge in [-0.3, -0.25) is 14.5 Å². The average molecular weight is 441 g/mol. The normalized spacial score (nSPS) is 20.8. The zero-order valence-electron chi connectivity index (χ0n) is 16.0. The molecule has 0 saturated carbocycles. The van der Waals surface area contributed by atoms with Crippen molar-refractivity contribution in [2.75, 3.05) is 5.75 Å². The van der Waals surface area contributed by atoms with Crippen LogP contribution in [0.25, 0.3) is 6.08 Å². The van der Waals surface area contributed by atoms with Crippen LogP contribution in [0.4, 0.5) is 0 Å². The molecule has 2 amide bonds. The number of nitrogens with zero attached hydrogens (tertiary/aromatic N) is 2. The van der Waals surface area contributed by atoms with Crippen molar-refractivity contribution in [3.05, 3.63) is 69.3 Å². The second-order valence-electron chi connectivity index (χ2n) is 6.91. The number of rotatable bonds is 6. The van der Waals surface area contributed by atoms with Gasteiger partial charge in [0.05, 0.1) is 29.3 Å². The van der Waals surface area contributed by atoms with Gasteiger partial charge in [-0.15, -0.1) is 23.1 Å². The van der Waals surface area contributed by atoms with Gasteiger partial charge >= 0.3 is 0 Å². The van der Waals surface area contributed by atoms with Gasteiger partial charge in [0.1, 0.15) is 11.4 Å². The topological polar surface area (TPSA) is 102 Å². The Morgan fingerprint density at radius 3 is 2.73 bits per heavy atom. The van der Waals surface area contributed by atoms with Crippen LogP contribution in [-0.4, -0.2) is 44.8 Å². The molecule has 0 bridgehead atoms. The van der Waals surface area contributed by atoms with Crippen LogP contribution in [0, 0.1) is 6.92 Å². The number of aromatic nitrogens is 1. The Morgan fingerprint density at radius 2 is 2.07 bits per heavy atom. The summed E-state index contributed by atoms with van der Waals surface area (Å²) in [6, 6.07) is 8.48. The summed E-state index contributed by atoms with van der Waals surface area (Å²) in [6.07, 6.45) is 3.66. The number of aryl methyl sites for hydroxylation is 1. The SMILES string of the molecule is Cc1ncsc1/C=C\C1=C(C(=O)[O-])N2C(=O)C(NC(=O)Cc3ccccc3)C2SC1. The Labute approximate surface area is 181 Å². The zero-order chi connectivity index (χ0) is 21.3. The Balaban J connectivity index is 1.49. The van der Waals surface area contributed by atoms with E-state index in [0.717, 1.165) is 16.1 Å². The van der Waals surface area contributed by atoms with E-state index in [1.54, 1.807) is 17.7 Å².